The van der Waals surface area contributed by atoms with Crippen molar-refractivity contribution in [1.82, 2.24) is 14.7 Å². The van der Waals surface area contributed by atoms with E-state index in [-0.39, 0.29) is 17.4 Å². The monoisotopic (exact) mass is 329 g/mol. The van der Waals surface area contributed by atoms with Gasteiger partial charge in [-0.15, -0.1) is 0 Å². The number of benzene rings is 1. The van der Waals surface area contributed by atoms with Crippen LogP contribution in [0.25, 0.3) is 10.8 Å². The highest BCUT2D eigenvalue weighted by molar-refractivity contribution is 5.83. The van der Waals surface area contributed by atoms with Gasteiger partial charge >= 0.3 is 5.97 Å². The molecule has 1 saturated heterocycles. The number of piperidine rings is 1. The molecule has 1 aromatic carbocycles. The molecule has 0 saturated carbocycles. The second-order valence-corrected chi connectivity index (χ2v) is 6.22. The number of aryl methyl sites for hydroxylation is 1. The van der Waals surface area contributed by atoms with E-state index in [0.29, 0.717) is 18.7 Å². The minimum Gasteiger partial charge on any atom is -0.466 e. The van der Waals surface area contributed by atoms with Crippen LogP contribution in [0.4, 0.5) is 0 Å². The molecule has 0 amide bonds. The number of rotatable bonds is 4. The van der Waals surface area contributed by atoms with Crippen LogP contribution in [-0.4, -0.2) is 40.3 Å². The van der Waals surface area contributed by atoms with Gasteiger partial charge in [0.25, 0.3) is 5.56 Å². The van der Waals surface area contributed by atoms with Crippen molar-refractivity contribution in [2.45, 2.75) is 33.4 Å². The largest absolute Gasteiger partial charge is 0.466 e. The van der Waals surface area contributed by atoms with Crippen LogP contribution in [0.1, 0.15) is 25.5 Å². The van der Waals surface area contributed by atoms with Crippen LogP contribution >= 0.6 is 0 Å². The molecule has 0 atom stereocenters. The Labute approximate surface area is 141 Å². The van der Waals surface area contributed by atoms with E-state index in [1.165, 1.54) is 4.68 Å². The Morgan fingerprint density at radius 1 is 1.25 bits per heavy atom. The molecule has 1 fully saturated rings. The second-order valence-electron chi connectivity index (χ2n) is 6.22. The zero-order chi connectivity index (χ0) is 17.1. The molecule has 0 N–H and O–H groups in total. The molecule has 1 aliphatic heterocycles. The topological polar surface area (TPSA) is 64.4 Å². The third kappa shape index (κ3) is 3.33. The summed E-state index contributed by atoms with van der Waals surface area (Å²) < 4.78 is 6.62. The van der Waals surface area contributed by atoms with Gasteiger partial charge in [0, 0.05) is 18.5 Å². The summed E-state index contributed by atoms with van der Waals surface area (Å²) >= 11 is 0. The number of likely N-dealkylation sites (tertiary alicyclic amines) is 1. The van der Waals surface area contributed by atoms with E-state index in [2.05, 4.69) is 10.00 Å². The van der Waals surface area contributed by atoms with Crippen molar-refractivity contribution in [3.63, 3.8) is 0 Å². The molecule has 6 nitrogen and oxygen atoms in total. The molecule has 0 radical (unpaired) electrons. The third-order valence-electron chi connectivity index (χ3n) is 4.59. The molecular weight excluding hydrogens is 306 g/mol. The zero-order valence-corrected chi connectivity index (χ0v) is 14.2. The quantitative estimate of drug-likeness (QED) is 0.802. The molecule has 0 bridgehead atoms. The Morgan fingerprint density at radius 2 is 1.92 bits per heavy atom. The lowest BCUT2D eigenvalue weighted by Gasteiger charge is -2.30. The van der Waals surface area contributed by atoms with Crippen LogP contribution in [0.3, 0.4) is 0 Å². The fraction of sp³-hybridized carbons (Fsp3) is 0.500. The summed E-state index contributed by atoms with van der Waals surface area (Å²) in [5.41, 5.74) is 0.787. The first-order valence-electron chi connectivity index (χ1n) is 8.45. The number of hydrogen-bond acceptors (Lipinski definition) is 5. The Bertz CT molecular complexity index is 792. The number of ether oxygens (including phenoxy) is 1. The van der Waals surface area contributed by atoms with Crippen LogP contribution < -0.4 is 5.56 Å². The van der Waals surface area contributed by atoms with Gasteiger partial charge in [0.1, 0.15) is 0 Å². The Hall–Kier alpha value is -2.21. The number of esters is 1. The summed E-state index contributed by atoms with van der Waals surface area (Å²) in [5, 5.41) is 6.05. The summed E-state index contributed by atoms with van der Waals surface area (Å²) in [4.78, 5) is 26.6. The molecule has 1 aliphatic rings. The highest BCUT2D eigenvalue weighted by atomic mass is 16.5. The zero-order valence-electron chi connectivity index (χ0n) is 14.2. The van der Waals surface area contributed by atoms with Crippen molar-refractivity contribution in [2.75, 3.05) is 19.7 Å². The van der Waals surface area contributed by atoms with Crippen LogP contribution in [0.15, 0.2) is 29.1 Å². The molecule has 24 heavy (non-hydrogen) atoms. The van der Waals surface area contributed by atoms with E-state index in [9.17, 15) is 9.59 Å². The number of carbonyl (C=O) groups excluding carboxylic acids is 1. The lowest BCUT2D eigenvalue weighted by molar-refractivity contribution is -0.149. The predicted molar refractivity (Wildman–Crippen MR) is 91.7 cm³/mol. The normalized spacial score (nSPS) is 16.4. The molecule has 2 heterocycles. The molecule has 0 spiro atoms. The van der Waals surface area contributed by atoms with Gasteiger partial charge in [-0.2, -0.15) is 5.10 Å². The first-order chi connectivity index (χ1) is 11.6. The molecule has 3 rings (SSSR count). The molecule has 0 unspecified atom stereocenters. The fourth-order valence-corrected chi connectivity index (χ4v) is 3.26. The number of nitrogens with zero attached hydrogens (tertiary/aromatic N) is 3. The van der Waals surface area contributed by atoms with Crippen molar-refractivity contribution in [1.29, 1.82) is 0 Å². The first kappa shape index (κ1) is 16.6. The molecule has 6 heteroatoms. The second kappa shape index (κ2) is 7.13. The van der Waals surface area contributed by atoms with E-state index >= 15 is 0 Å². The molecular formula is C18H23N3O3. The van der Waals surface area contributed by atoms with Crippen LogP contribution in [-0.2, 0) is 16.2 Å². The van der Waals surface area contributed by atoms with E-state index in [0.717, 1.165) is 37.0 Å². The SMILES string of the molecule is CCOC(=O)C1CCN(Cn2nc(C)c3ccccc3c2=O)CC1. The summed E-state index contributed by atoms with van der Waals surface area (Å²) in [6.07, 6.45) is 1.53. The van der Waals surface area contributed by atoms with Gasteiger partial charge in [0.05, 0.1) is 30.3 Å². The van der Waals surface area contributed by atoms with Gasteiger partial charge in [-0.3, -0.25) is 14.5 Å². The Morgan fingerprint density at radius 3 is 2.58 bits per heavy atom. The van der Waals surface area contributed by atoms with Gasteiger partial charge in [-0.05, 0) is 32.8 Å². The average molecular weight is 329 g/mol. The van der Waals surface area contributed by atoms with E-state index in [4.69, 9.17) is 4.74 Å². The van der Waals surface area contributed by atoms with E-state index < -0.39 is 0 Å². The maximum atomic E-state index is 12.6. The van der Waals surface area contributed by atoms with Gasteiger partial charge in [-0.1, -0.05) is 18.2 Å². The summed E-state index contributed by atoms with van der Waals surface area (Å²) in [6.45, 7) is 6.17. The standard InChI is InChI=1S/C18H23N3O3/c1-3-24-18(23)14-8-10-20(11-9-14)12-21-17(22)16-7-5-4-6-15(16)13(2)19-21/h4-7,14H,3,8-12H2,1-2H3. The van der Waals surface area contributed by atoms with Gasteiger partial charge < -0.3 is 4.74 Å². The Kier molecular flexibility index (Phi) is 4.94. The summed E-state index contributed by atoms with van der Waals surface area (Å²) in [7, 11) is 0. The lowest BCUT2D eigenvalue weighted by atomic mass is 9.97. The number of fused-ring (bicyclic) bond motifs is 1. The minimum atomic E-state index is -0.103. The van der Waals surface area contributed by atoms with Crippen molar-refractivity contribution in [2.24, 2.45) is 5.92 Å². The van der Waals surface area contributed by atoms with Crippen molar-refractivity contribution in [3.05, 3.63) is 40.3 Å². The number of aromatic nitrogens is 2. The average Bonchev–Trinajstić information content (AvgIpc) is 2.60. The van der Waals surface area contributed by atoms with Crippen molar-refractivity contribution >= 4 is 16.7 Å². The Balaban J connectivity index is 1.72. The van der Waals surface area contributed by atoms with Crippen LogP contribution in [0.2, 0.25) is 0 Å². The van der Waals surface area contributed by atoms with E-state index in [1.807, 2.05) is 38.1 Å². The third-order valence-corrected chi connectivity index (χ3v) is 4.59. The first-order valence-corrected chi connectivity index (χ1v) is 8.45. The van der Waals surface area contributed by atoms with Gasteiger partial charge in [0.2, 0.25) is 0 Å². The van der Waals surface area contributed by atoms with Crippen LogP contribution in [0, 0.1) is 12.8 Å². The smallest absolute Gasteiger partial charge is 0.309 e. The molecule has 128 valence electrons. The maximum Gasteiger partial charge on any atom is 0.309 e. The highest BCUT2D eigenvalue weighted by Crippen LogP contribution is 2.19. The predicted octanol–water partition coefficient (Wildman–Crippen LogP) is 1.94. The fourth-order valence-electron chi connectivity index (χ4n) is 3.26. The molecule has 2 aromatic rings. The van der Waals surface area contributed by atoms with E-state index in [1.54, 1.807) is 0 Å². The maximum absolute atomic E-state index is 12.6. The van der Waals surface area contributed by atoms with Crippen molar-refractivity contribution in [3.8, 4) is 0 Å². The van der Waals surface area contributed by atoms with Gasteiger partial charge in [-0.25, -0.2) is 4.68 Å². The summed E-state index contributed by atoms with van der Waals surface area (Å²) in [6, 6.07) is 7.56. The van der Waals surface area contributed by atoms with Crippen LogP contribution in [0.5, 0.6) is 0 Å². The summed E-state index contributed by atoms with van der Waals surface area (Å²) in [5.74, 6) is -0.127. The minimum absolute atomic E-state index is 0.0239. The lowest BCUT2D eigenvalue weighted by Crippen LogP contribution is -2.41. The highest BCUT2D eigenvalue weighted by Gasteiger charge is 2.26. The molecule has 1 aromatic heterocycles. The number of carbonyl (C=O) groups is 1. The van der Waals surface area contributed by atoms with Crippen molar-refractivity contribution < 1.29 is 9.53 Å². The van der Waals surface area contributed by atoms with Gasteiger partial charge in [0.15, 0.2) is 0 Å². The number of hydrogen-bond donors (Lipinski definition) is 0. The molecule has 0 aliphatic carbocycles.